The van der Waals surface area contributed by atoms with Crippen LogP contribution < -0.4 is 5.14 Å². The summed E-state index contributed by atoms with van der Waals surface area (Å²) in [5, 5.41) is 5.89. The number of Topliss-reactive ketones (excluding diaryl/α,β-unsaturated/α-hetero) is 1. The average Bonchev–Trinajstić information content (AvgIpc) is 2.85. The van der Waals surface area contributed by atoms with E-state index in [-0.39, 0.29) is 15.9 Å². The molecule has 0 radical (unpaired) electrons. The molecular weight excluding hydrogens is 334 g/mol. The summed E-state index contributed by atoms with van der Waals surface area (Å²) < 4.78 is 25.0. The van der Waals surface area contributed by atoms with Gasteiger partial charge >= 0.3 is 0 Å². The molecule has 1 aliphatic carbocycles. The zero-order chi connectivity index (χ0) is 16.6. The van der Waals surface area contributed by atoms with Gasteiger partial charge in [-0.15, -0.1) is 0 Å². The molecule has 124 valence electrons. The summed E-state index contributed by atoms with van der Waals surface area (Å²) in [6.45, 7) is 2.70. The largest absolute Gasteiger partial charge is 0.319 e. The molecule has 0 saturated heterocycles. The molecule has 1 saturated carbocycles. The first-order valence-corrected chi connectivity index (χ1v) is 10.0. The van der Waals surface area contributed by atoms with Gasteiger partial charge in [0.2, 0.25) is 10.0 Å². The summed E-state index contributed by atoms with van der Waals surface area (Å²) in [7, 11) is -3.75. The average molecular weight is 353 g/mol. The summed E-state index contributed by atoms with van der Waals surface area (Å²) >= 11 is 1.48. The minimum Gasteiger partial charge on any atom is -0.319 e. The van der Waals surface area contributed by atoms with E-state index in [2.05, 4.69) is 4.98 Å². The molecule has 23 heavy (non-hydrogen) atoms. The molecule has 0 unspecified atom stereocenters. The molecule has 1 heterocycles. The molecule has 0 amide bonds. The molecule has 8 heteroatoms. The van der Waals surface area contributed by atoms with Crippen LogP contribution in [0.2, 0.25) is 0 Å². The van der Waals surface area contributed by atoms with E-state index in [1.54, 1.807) is 6.07 Å². The van der Waals surface area contributed by atoms with Gasteiger partial charge in [0, 0.05) is 13.0 Å². The van der Waals surface area contributed by atoms with Crippen molar-refractivity contribution in [3.05, 3.63) is 18.2 Å². The minimum atomic E-state index is -3.75. The predicted octanol–water partition coefficient (Wildman–Crippen LogP) is 2.31. The number of imidazole rings is 1. The minimum absolute atomic E-state index is 0.0519. The van der Waals surface area contributed by atoms with E-state index < -0.39 is 10.0 Å². The van der Waals surface area contributed by atoms with Crippen LogP contribution in [0.4, 0.5) is 0 Å². The lowest BCUT2D eigenvalue weighted by Crippen LogP contribution is -2.21. The zero-order valence-corrected chi connectivity index (χ0v) is 14.5. The number of sulfonamides is 1. The number of carbonyl (C=O) groups excluding carboxylic acids is 1. The highest BCUT2D eigenvalue weighted by atomic mass is 32.2. The van der Waals surface area contributed by atoms with E-state index in [1.165, 1.54) is 23.9 Å². The highest BCUT2D eigenvalue weighted by Crippen LogP contribution is 2.33. The van der Waals surface area contributed by atoms with Gasteiger partial charge < -0.3 is 4.57 Å². The van der Waals surface area contributed by atoms with Gasteiger partial charge in [0.1, 0.15) is 5.78 Å². The second-order valence-electron chi connectivity index (χ2n) is 5.65. The van der Waals surface area contributed by atoms with Gasteiger partial charge in [0.15, 0.2) is 5.16 Å². The Hall–Kier alpha value is -1.38. The fraction of sp³-hybridized carbons (Fsp3) is 0.467. The van der Waals surface area contributed by atoms with Gasteiger partial charge in [-0.1, -0.05) is 18.2 Å². The third kappa shape index (κ3) is 3.29. The number of fused-ring (bicyclic) bond motifs is 1. The van der Waals surface area contributed by atoms with Crippen molar-refractivity contribution < 1.29 is 13.2 Å². The molecule has 1 atom stereocenters. The van der Waals surface area contributed by atoms with Crippen LogP contribution in [0, 0.1) is 0 Å². The van der Waals surface area contributed by atoms with Gasteiger partial charge in [-0.2, -0.15) is 0 Å². The summed E-state index contributed by atoms with van der Waals surface area (Å²) in [5.41, 5.74) is 1.44. The van der Waals surface area contributed by atoms with Gasteiger partial charge in [-0.05, 0) is 38.0 Å². The quantitative estimate of drug-likeness (QED) is 0.910. The van der Waals surface area contributed by atoms with Crippen LogP contribution in [0.1, 0.15) is 32.6 Å². The summed E-state index contributed by atoms with van der Waals surface area (Å²) in [6, 6.07) is 4.70. The smallest absolute Gasteiger partial charge is 0.238 e. The monoisotopic (exact) mass is 353 g/mol. The highest BCUT2D eigenvalue weighted by Gasteiger charge is 2.25. The molecule has 1 fully saturated rings. The maximum absolute atomic E-state index is 12.0. The second kappa shape index (κ2) is 6.26. The number of hydrogen-bond donors (Lipinski definition) is 1. The van der Waals surface area contributed by atoms with Gasteiger partial charge in [-0.25, -0.2) is 18.5 Å². The fourth-order valence-electron chi connectivity index (χ4n) is 2.86. The molecule has 0 spiro atoms. The van der Waals surface area contributed by atoms with Gasteiger partial charge in [0.25, 0.3) is 0 Å². The number of rotatable bonds is 4. The van der Waals surface area contributed by atoms with Crippen molar-refractivity contribution in [2.75, 3.05) is 0 Å². The number of nitrogens with zero attached hydrogens (tertiary/aromatic N) is 2. The van der Waals surface area contributed by atoms with E-state index >= 15 is 0 Å². The van der Waals surface area contributed by atoms with Crippen molar-refractivity contribution in [2.24, 2.45) is 5.14 Å². The number of ketones is 1. The van der Waals surface area contributed by atoms with Gasteiger partial charge in [-0.3, -0.25) is 4.79 Å². The topological polar surface area (TPSA) is 95.0 Å². The van der Waals surface area contributed by atoms with Crippen LogP contribution in [0.3, 0.4) is 0 Å². The number of primary sulfonamides is 1. The molecule has 1 aliphatic rings. The lowest BCUT2D eigenvalue weighted by molar-refractivity contribution is -0.119. The normalized spacial score (nSPS) is 19.4. The Balaban J connectivity index is 2.01. The van der Waals surface area contributed by atoms with E-state index in [0.717, 1.165) is 29.9 Å². The van der Waals surface area contributed by atoms with E-state index in [4.69, 9.17) is 5.14 Å². The number of carbonyl (C=O) groups is 1. The number of hydrogen-bond acceptors (Lipinski definition) is 5. The molecular formula is C15H19N3O3S2. The Bertz CT molecular complexity index is 858. The number of aryl methyl sites for hydroxylation is 1. The van der Waals surface area contributed by atoms with Gasteiger partial charge in [0.05, 0.1) is 21.2 Å². The molecule has 2 N–H and O–H groups in total. The number of benzene rings is 1. The fourth-order valence-corrected chi connectivity index (χ4v) is 4.69. The molecule has 2 aromatic rings. The van der Waals surface area contributed by atoms with Crippen molar-refractivity contribution in [2.45, 2.75) is 54.5 Å². The van der Waals surface area contributed by atoms with E-state index in [9.17, 15) is 13.2 Å². The number of nitrogens with two attached hydrogens (primary N) is 1. The SMILES string of the molecule is CCn1c(S[C@H]2CCCCC2=O)nc2cc(S(N)(=O)=O)ccc21. The van der Waals surface area contributed by atoms with Crippen LogP contribution in [0.15, 0.2) is 28.3 Å². The first-order valence-electron chi connectivity index (χ1n) is 7.62. The first kappa shape index (κ1) is 16.5. The van der Waals surface area contributed by atoms with Crippen molar-refractivity contribution in [1.82, 2.24) is 9.55 Å². The van der Waals surface area contributed by atoms with Crippen molar-refractivity contribution in [3.8, 4) is 0 Å². The van der Waals surface area contributed by atoms with Crippen LogP contribution >= 0.6 is 11.8 Å². The summed E-state index contributed by atoms with van der Waals surface area (Å²) in [4.78, 5) is 16.6. The predicted molar refractivity (Wildman–Crippen MR) is 89.9 cm³/mol. The van der Waals surface area contributed by atoms with E-state index in [1.807, 2.05) is 11.5 Å². The Labute approximate surface area is 139 Å². The second-order valence-corrected chi connectivity index (χ2v) is 8.38. The molecule has 1 aromatic carbocycles. The lowest BCUT2D eigenvalue weighted by atomic mass is 9.99. The molecule has 1 aromatic heterocycles. The molecule has 0 bridgehead atoms. The standard InChI is InChI=1S/C15H19N3O3S2/c1-2-18-12-8-7-10(23(16,20)21)9-11(12)17-15(18)22-14-6-4-3-5-13(14)19/h7-9,14H,2-6H2,1H3,(H2,16,20,21)/t14-/m0/s1. The van der Waals surface area contributed by atoms with Crippen molar-refractivity contribution in [1.29, 1.82) is 0 Å². The zero-order valence-electron chi connectivity index (χ0n) is 12.9. The lowest BCUT2D eigenvalue weighted by Gasteiger charge is -2.19. The van der Waals surface area contributed by atoms with Crippen molar-refractivity contribution >= 4 is 38.6 Å². The molecule has 3 rings (SSSR count). The van der Waals surface area contributed by atoms with Crippen LogP contribution in [0.5, 0.6) is 0 Å². The number of aromatic nitrogens is 2. The Morgan fingerprint density at radius 2 is 2.17 bits per heavy atom. The number of thioether (sulfide) groups is 1. The molecule has 6 nitrogen and oxygen atoms in total. The third-order valence-electron chi connectivity index (χ3n) is 4.08. The maximum atomic E-state index is 12.0. The van der Waals surface area contributed by atoms with E-state index in [0.29, 0.717) is 18.5 Å². The highest BCUT2D eigenvalue weighted by molar-refractivity contribution is 8.00. The molecule has 0 aliphatic heterocycles. The van der Waals surface area contributed by atoms with Crippen LogP contribution in [-0.4, -0.2) is 29.0 Å². The van der Waals surface area contributed by atoms with Crippen LogP contribution in [-0.2, 0) is 21.4 Å². The van der Waals surface area contributed by atoms with Crippen molar-refractivity contribution in [3.63, 3.8) is 0 Å². The first-order chi connectivity index (χ1) is 10.9. The summed E-state index contributed by atoms with van der Waals surface area (Å²) in [5.74, 6) is 0.279. The Morgan fingerprint density at radius 1 is 1.39 bits per heavy atom. The Kier molecular flexibility index (Phi) is 4.48. The maximum Gasteiger partial charge on any atom is 0.238 e. The van der Waals surface area contributed by atoms with Crippen LogP contribution in [0.25, 0.3) is 11.0 Å². The summed E-state index contributed by atoms with van der Waals surface area (Å²) in [6.07, 6.45) is 3.54. The third-order valence-corrected chi connectivity index (χ3v) is 6.29. The Morgan fingerprint density at radius 3 is 2.83 bits per heavy atom.